The summed E-state index contributed by atoms with van der Waals surface area (Å²) in [7, 11) is 1.94. The molecule has 4 heterocycles. The van der Waals surface area contributed by atoms with Crippen molar-refractivity contribution in [3.63, 3.8) is 0 Å². The lowest BCUT2D eigenvalue weighted by atomic mass is 10.2. The lowest BCUT2D eigenvalue weighted by Gasteiger charge is -1.97. The van der Waals surface area contributed by atoms with E-state index in [1.165, 1.54) is 11.3 Å². The smallest absolute Gasteiger partial charge is 0.235 e. The van der Waals surface area contributed by atoms with E-state index < -0.39 is 0 Å². The first-order valence-corrected chi connectivity index (χ1v) is 7.60. The van der Waals surface area contributed by atoms with E-state index in [-0.39, 0.29) is 0 Å². The summed E-state index contributed by atoms with van der Waals surface area (Å²) in [4.78, 5) is 4.89. The minimum absolute atomic E-state index is 0.699. The second kappa shape index (κ2) is 4.70. The van der Waals surface area contributed by atoms with Gasteiger partial charge in [0.25, 0.3) is 0 Å². The van der Waals surface area contributed by atoms with Crippen LogP contribution < -0.4 is 0 Å². The van der Waals surface area contributed by atoms with Gasteiger partial charge in [0.2, 0.25) is 4.96 Å². The van der Waals surface area contributed by atoms with Gasteiger partial charge < -0.3 is 0 Å². The molecule has 0 aliphatic carbocycles. The Labute approximate surface area is 130 Å². The standard InChI is InChI=1S/C14H13N7S/c1-8-11(9(2)20(3)18-8)13-19-21-12(16-17-14(21)22-13)10-5-4-6-15-7-10/h4-7H,1-3H3. The molecule has 4 rings (SSSR count). The maximum Gasteiger partial charge on any atom is 0.235 e. The molecule has 0 unspecified atom stereocenters. The van der Waals surface area contributed by atoms with E-state index >= 15 is 0 Å². The summed E-state index contributed by atoms with van der Waals surface area (Å²) in [6, 6.07) is 3.82. The molecule has 4 aromatic heterocycles. The molecule has 0 fully saturated rings. The van der Waals surface area contributed by atoms with Gasteiger partial charge in [0, 0.05) is 30.7 Å². The second-order valence-electron chi connectivity index (χ2n) is 5.04. The van der Waals surface area contributed by atoms with E-state index in [0.717, 1.165) is 32.5 Å². The van der Waals surface area contributed by atoms with Crippen molar-refractivity contribution in [3.8, 4) is 22.0 Å². The van der Waals surface area contributed by atoms with Crippen molar-refractivity contribution >= 4 is 16.3 Å². The van der Waals surface area contributed by atoms with E-state index in [1.54, 1.807) is 16.9 Å². The van der Waals surface area contributed by atoms with Gasteiger partial charge in [-0.1, -0.05) is 11.3 Å². The number of fused-ring (bicyclic) bond motifs is 1. The van der Waals surface area contributed by atoms with Gasteiger partial charge in [0.15, 0.2) is 10.8 Å². The lowest BCUT2D eigenvalue weighted by Crippen LogP contribution is -1.93. The fourth-order valence-electron chi connectivity index (χ4n) is 2.48. The Morgan fingerprint density at radius 3 is 2.68 bits per heavy atom. The highest BCUT2D eigenvalue weighted by Gasteiger charge is 2.19. The van der Waals surface area contributed by atoms with Crippen LogP contribution in [-0.4, -0.2) is 34.6 Å². The van der Waals surface area contributed by atoms with Gasteiger partial charge in [-0.2, -0.15) is 14.7 Å². The van der Waals surface area contributed by atoms with Crippen LogP contribution >= 0.6 is 11.3 Å². The number of pyridine rings is 1. The van der Waals surface area contributed by atoms with E-state index in [1.807, 2.05) is 37.7 Å². The summed E-state index contributed by atoms with van der Waals surface area (Å²) in [5, 5.41) is 18.5. The zero-order valence-electron chi connectivity index (χ0n) is 12.3. The minimum atomic E-state index is 0.699. The molecule has 7 nitrogen and oxygen atoms in total. The van der Waals surface area contributed by atoms with Crippen molar-refractivity contribution in [3.05, 3.63) is 35.9 Å². The molecule has 0 saturated heterocycles. The quantitative estimate of drug-likeness (QED) is 0.568. The number of aryl methyl sites for hydroxylation is 2. The van der Waals surface area contributed by atoms with Crippen molar-refractivity contribution in [2.24, 2.45) is 7.05 Å². The molecule has 0 N–H and O–H groups in total. The zero-order valence-corrected chi connectivity index (χ0v) is 13.2. The largest absolute Gasteiger partial charge is 0.272 e. The van der Waals surface area contributed by atoms with Crippen LogP contribution in [0.2, 0.25) is 0 Å². The van der Waals surface area contributed by atoms with Crippen molar-refractivity contribution in [1.82, 2.24) is 34.6 Å². The maximum absolute atomic E-state index is 4.68. The van der Waals surface area contributed by atoms with Gasteiger partial charge in [0.1, 0.15) is 0 Å². The van der Waals surface area contributed by atoms with Gasteiger partial charge in [-0.05, 0) is 26.0 Å². The van der Waals surface area contributed by atoms with E-state index in [4.69, 9.17) is 0 Å². The lowest BCUT2D eigenvalue weighted by molar-refractivity contribution is 0.731. The number of aromatic nitrogens is 7. The average Bonchev–Trinajstić information content (AvgIpc) is 3.14. The van der Waals surface area contributed by atoms with Crippen LogP contribution in [0.25, 0.3) is 26.9 Å². The highest BCUT2D eigenvalue weighted by atomic mass is 32.1. The van der Waals surface area contributed by atoms with Crippen molar-refractivity contribution in [2.45, 2.75) is 13.8 Å². The molecule has 8 heteroatoms. The minimum Gasteiger partial charge on any atom is -0.272 e. The molecule has 0 aliphatic rings. The molecular weight excluding hydrogens is 298 g/mol. The van der Waals surface area contributed by atoms with Crippen LogP contribution in [0.4, 0.5) is 0 Å². The SMILES string of the molecule is Cc1nn(C)c(C)c1-c1nn2c(-c3cccnc3)nnc2s1. The molecule has 0 aliphatic heterocycles. The molecule has 110 valence electrons. The molecule has 0 saturated carbocycles. The van der Waals surface area contributed by atoms with Crippen LogP contribution in [0.1, 0.15) is 11.4 Å². The maximum atomic E-state index is 4.68. The molecule has 22 heavy (non-hydrogen) atoms. The van der Waals surface area contributed by atoms with Gasteiger partial charge in [-0.25, -0.2) is 0 Å². The van der Waals surface area contributed by atoms with E-state index in [9.17, 15) is 0 Å². The van der Waals surface area contributed by atoms with Crippen LogP contribution in [0, 0.1) is 13.8 Å². The summed E-state index contributed by atoms with van der Waals surface area (Å²) < 4.78 is 3.64. The second-order valence-corrected chi connectivity index (χ2v) is 5.99. The molecule has 0 spiro atoms. The van der Waals surface area contributed by atoms with Gasteiger partial charge in [0.05, 0.1) is 11.3 Å². The third kappa shape index (κ3) is 1.84. The summed E-state index contributed by atoms with van der Waals surface area (Å²) in [6.07, 6.45) is 3.49. The highest BCUT2D eigenvalue weighted by Crippen LogP contribution is 2.31. The Morgan fingerprint density at radius 2 is 2.00 bits per heavy atom. The molecular formula is C14H13N7S. The van der Waals surface area contributed by atoms with E-state index in [2.05, 4.69) is 25.4 Å². The van der Waals surface area contributed by atoms with Crippen molar-refractivity contribution in [1.29, 1.82) is 0 Å². The average molecular weight is 311 g/mol. The highest BCUT2D eigenvalue weighted by molar-refractivity contribution is 7.19. The van der Waals surface area contributed by atoms with Gasteiger partial charge in [-0.3, -0.25) is 9.67 Å². The van der Waals surface area contributed by atoms with Gasteiger partial charge >= 0.3 is 0 Å². The van der Waals surface area contributed by atoms with Crippen LogP contribution in [0.15, 0.2) is 24.5 Å². The van der Waals surface area contributed by atoms with Gasteiger partial charge in [-0.15, -0.1) is 10.2 Å². The zero-order chi connectivity index (χ0) is 15.3. The van der Waals surface area contributed by atoms with Crippen molar-refractivity contribution in [2.75, 3.05) is 0 Å². The first kappa shape index (κ1) is 13.1. The number of hydrogen-bond acceptors (Lipinski definition) is 6. The molecule has 0 bridgehead atoms. The topological polar surface area (TPSA) is 73.8 Å². The Kier molecular flexibility index (Phi) is 2.80. The summed E-state index contributed by atoms with van der Waals surface area (Å²) >= 11 is 1.51. The Hall–Kier alpha value is -2.61. The summed E-state index contributed by atoms with van der Waals surface area (Å²) in [6.45, 7) is 4.03. The van der Waals surface area contributed by atoms with Crippen LogP contribution in [0.5, 0.6) is 0 Å². The predicted octanol–water partition coefficient (Wildman–Crippen LogP) is 2.27. The predicted molar refractivity (Wildman–Crippen MR) is 83.6 cm³/mol. The summed E-state index contributed by atoms with van der Waals surface area (Å²) in [5.41, 5.74) is 4.01. The number of rotatable bonds is 2. The monoisotopic (exact) mass is 311 g/mol. The Morgan fingerprint density at radius 1 is 1.14 bits per heavy atom. The third-order valence-corrected chi connectivity index (χ3v) is 4.55. The molecule has 4 aromatic rings. The van der Waals surface area contributed by atoms with Crippen LogP contribution in [0.3, 0.4) is 0 Å². The molecule has 0 radical (unpaired) electrons. The first-order chi connectivity index (χ1) is 10.6. The molecule has 0 aromatic carbocycles. The fraction of sp³-hybridized carbons (Fsp3) is 0.214. The molecule has 0 amide bonds. The van der Waals surface area contributed by atoms with E-state index in [0.29, 0.717) is 5.82 Å². The molecule has 0 atom stereocenters. The fourth-order valence-corrected chi connectivity index (χ4v) is 3.46. The Balaban J connectivity index is 1.91. The number of nitrogens with zero attached hydrogens (tertiary/aromatic N) is 7. The summed E-state index contributed by atoms with van der Waals surface area (Å²) in [5.74, 6) is 0.699. The third-order valence-electron chi connectivity index (χ3n) is 3.63. The number of hydrogen-bond donors (Lipinski definition) is 0. The normalized spacial score (nSPS) is 11.4. The van der Waals surface area contributed by atoms with Crippen molar-refractivity contribution < 1.29 is 0 Å². The van der Waals surface area contributed by atoms with Crippen LogP contribution in [-0.2, 0) is 7.05 Å². The Bertz CT molecular complexity index is 964. The first-order valence-electron chi connectivity index (χ1n) is 6.78.